The highest BCUT2D eigenvalue weighted by molar-refractivity contribution is 5.75. The number of benzene rings is 1. The third kappa shape index (κ3) is 3.82. The van der Waals surface area contributed by atoms with Gasteiger partial charge >= 0.3 is 6.18 Å². The van der Waals surface area contributed by atoms with E-state index in [1.165, 1.54) is 12.1 Å². The van der Waals surface area contributed by atoms with E-state index >= 15 is 0 Å². The molecular formula is C15H18F3NO. The summed E-state index contributed by atoms with van der Waals surface area (Å²) in [4.78, 5) is 11.2. The molecule has 0 bridgehead atoms. The molecule has 2 atom stereocenters. The number of alkyl halides is 3. The third-order valence-corrected chi connectivity index (χ3v) is 3.73. The summed E-state index contributed by atoms with van der Waals surface area (Å²) in [5, 5.41) is 3.30. The molecule has 0 aromatic heterocycles. The van der Waals surface area contributed by atoms with Crippen molar-refractivity contribution in [3.63, 3.8) is 0 Å². The molecule has 20 heavy (non-hydrogen) atoms. The van der Waals surface area contributed by atoms with Gasteiger partial charge < -0.3 is 10.1 Å². The first-order chi connectivity index (χ1) is 9.36. The molecule has 1 aliphatic heterocycles. The second kappa shape index (κ2) is 5.95. The van der Waals surface area contributed by atoms with E-state index < -0.39 is 11.7 Å². The highest BCUT2D eigenvalue weighted by atomic mass is 19.4. The first kappa shape index (κ1) is 15.0. The van der Waals surface area contributed by atoms with Crippen molar-refractivity contribution in [3.8, 4) is 0 Å². The molecule has 0 amide bonds. The van der Waals surface area contributed by atoms with Crippen molar-refractivity contribution < 1.29 is 18.0 Å². The predicted octanol–water partition coefficient (Wildman–Crippen LogP) is 3.73. The quantitative estimate of drug-likeness (QED) is 0.917. The highest BCUT2D eigenvalue weighted by Crippen LogP contribution is 2.33. The standard InChI is InChI=1S/C15H18F3NO/c1-10(20)8-11-6-7-19-14(9-11)12-2-4-13(5-3-12)15(16,17)18/h2-5,11,14,19H,6-9H2,1H3. The molecule has 0 spiro atoms. The van der Waals surface area contributed by atoms with Crippen molar-refractivity contribution in [1.29, 1.82) is 0 Å². The minimum Gasteiger partial charge on any atom is -0.310 e. The monoisotopic (exact) mass is 285 g/mol. The normalized spacial score (nSPS) is 23.6. The number of carbonyl (C=O) groups is 1. The Morgan fingerprint density at radius 2 is 1.95 bits per heavy atom. The predicted molar refractivity (Wildman–Crippen MR) is 70.2 cm³/mol. The maximum atomic E-state index is 12.5. The number of hydrogen-bond acceptors (Lipinski definition) is 2. The number of piperidine rings is 1. The lowest BCUT2D eigenvalue weighted by molar-refractivity contribution is -0.137. The molecule has 2 rings (SSSR count). The number of carbonyl (C=O) groups excluding carboxylic acids is 1. The van der Waals surface area contributed by atoms with Crippen LogP contribution < -0.4 is 5.32 Å². The summed E-state index contributed by atoms with van der Waals surface area (Å²) in [7, 11) is 0. The molecule has 1 aromatic carbocycles. The van der Waals surface area contributed by atoms with Crippen molar-refractivity contribution in [3.05, 3.63) is 35.4 Å². The van der Waals surface area contributed by atoms with Crippen molar-refractivity contribution >= 4 is 5.78 Å². The molecule has 1 aromatic rings. The average molecular weight is 285 g/mol. The van der Waals surface area contributed by atoms with Gasteiger partial charge in [0.1, 0.15) is 5.78 Å². The summed E-state index contributed by atoms with van der Waals surface area (Å²) in [5.41, 5.74) is 0.226. The zero-order valence-corrected chi connectivity index (χ0v) is 11.3. The Morgan fingerprint density at radius 1 is 1.30 bits per heavy atom. The van der Waals surface area contributed by atoms with E-state index in [4.69, 9.17) is 0 Å². The Bertz CT molecular complexity index is 467. The van der Waals surface area contributed by atoms with Gasteiger partial charge in [0.05, 0.1) is 5.56 Å². The number of hydrogen-bond donors (Lipinski definition) is 1. The van der Waals surface area contributed by atoms with Crippen molar-refractivity contribution in [1.82, 2.24) is 5.32 Å². The average Bonchev–Trinajstić information content (AvgIpc) is 2.37. The summed E-state index contributed by atoms with van der Waals surface area (Å²) < 4.78 is 37.5. The van der Waals surface area contributed by atoms with E-state index in [1.807, 2.05) is 0 Å². The molecule has 0 aliphatic carbocycles. The second-order valence-electron chi connectivity index (χ2n) is 5.42. The maximum Gasteiger partial charge on any atom is 0.416 e. The van der Waals surface area contributed by atoms with Crippen LogP contribution in [0.3, 0.4) is 0 Å². The molecule has 0 radical (unpaired) electrons. The zero-order valence-electron chi connectivity index (χ0n) is 11.3. The number of Topliss-reactive ketones (excluding diaryl/α,β-unsaturated/α-hetero) is 1. The molecule has 1 fully saturated rings. The molecule has 1 N–H and O–H groups in total. The van der Waals surface area contributed by atoms with Crippen LogP contribution in [0, 0.1) is 5.92 Å². The molecule has 1 saturated heterocycles. The topological polar surface area (TPSA) is 29.1 Å². The van der Waals surface area contributed by atoms with Crippen LogP contribution in [0.2, 0.25) is 0 Å². The van der Waals surface area contributed by atoms with E-state index in [2.05, 4.69) is 5.32 Å². The fourth-order valence-electron chi connectivity index (χ4n) is 2.75. The lowest BCUT2D eigenvalue weighted by Gasteiger charge is -2.30. The second-order valence-corrected chi connectivity index (χ2v) is 5.42. The molecular weight excluding hydrogens is 267 g/mol. The van der Waals surface area contributed by atoms with Gasteiger partial charge in [0.25, 0.3) is 0 Å². The van der Waals surface area contributed by atoms with Crippen LogP contribution in [-0.4, -0.2) is 12.3 Å². The van der Waals surface area contributed by atoms with E-state index in [1.54, 1.807) is 6.92 Å². The fourth-order valence-corrected chi connectivity index (χ4v) is 2.75. The molecule has 2 nitrogen and oxygen atoms in total. The van der Waals surface area contributed by atoms with Crippen molar-refractivity contribution in [2.45, 2.75) is 38.4 Å². The number of nitrogens with one attached hydrogen (secondary N) is 1. The van der Waals surface area contributed by atoms with E-state index in [0.717, 1.165) is 37.1 Å². The van der Waals surface area contributed by atoms with Crippen LogP contribution >= 0.6 is 0 Å². The van der Waals surface area contributed by atoms with Gasteiger partial charge in [-0.05, 0) is 49.9 Å². The first-order valence-electron chi connectivity index (χ1n) is 6.76. The fraction of sp³-hybridized carbons (Fsp3) is 0.533. The maximum absolute atomic E-state index is 12.5. The number of ketones is 1. The van der Waals surface area contributed by atoms with Gasteiger partial charge in [0.15, 0.2) is 0 Å². The van der Waals surface area contributed by atoms with Gasteiger partial charge in [-0.25, -0.2) is 0 Å². The Balaban J connectivity index is 2.05. The largest absolute Gasteiger partial charge is 0.416 e. The Kier molecular flexibility index (Phi) is 4.48. The van der Waals surface area contributed by atoms with E-state index in [0.29, 0.717) is 12.3 Å². The smallest absolute Gasteiger partial charge is 0.310 e. The molecule has 5 heteroatoms. The summed E-state index contributed by atoms with van der Waals surface area (Å²) >= 11 is 0. The molecule has 1 aliphatic rings. The Hall–Kier alpha value is -1.36. The lowest BCUT2D eigenvalue weighted by Crippen LogP contribution is -2.32. The van der Waals surface area contributed by atoms with Gasteiger partial charge in [0, 0.05) is 12.5 Å². The van der Waals surface area contributed by atoms with E-state index in [9.17, 15) is 18.0 Å². The number of halogens is 3. The molecule has 110 valence electrons. The van der Waals surface area contributed by atoms with Crippen LogP contribution in [-0.2, 0) is 11.0 Å². The Morgan fingerprint density at radius 3 is 2.50 bits per heavy atom. The minimum atomic E-state index is -4.30. The Labute approximate surface area is 116 Å². The summed E-state index contributed by atoms with van der Waals surface area (Å²) in [6.45, 7) is 2.37. The van der Waals surface area contributed by atoms with Crippen LogP contribution in [0.1, 0.15) is 43.4 Å². The third-order valence-electron chi connectivity index (χ3n) is 3.73. The first-order valence-corrected chi connectivity index (χ1v) is 6.76. The van der Waals surface area contributed by atoms with Gasteiger partial charge in [-0.15, -0.1) is 0 Å². The van der Waals surface area contributed by atoms with E-state index in [-0.39, 0.29) is 11.8 Å². The van der Waals surface area contributed by atoms with Crippen molar-refractivity contribution in [2.75, 3.05) is 6.54 Å². The number of rotatable bonds is 3. The lowest BCUT2D eigenvalue weighted by atomic mass is 9.85. The van der Waals surface area contributed by atoms with Crippen LogP contribution in [0.15, 0.2) is 24.3 Å². The SMILES string of the molecule is CC(=O)CC1CCNC(c2ccc(C(F)(F)F)cc2)C1. The van der Waals surface area contributed by atoms with Gasteiger partial charge in [-0.1, -0.05) is 12.1 Å². The summed E-state index contributed by atoms with van der Waals surface area (Å²) in [5.74, 6) is 0.490. The molecule has 1 heterocycles. The van der Waals surface area contributed by atoms with Crippen molar-refractivity contribution in [2.24, 2.45) is 5.92 Å². The summed E-state index contributed by atoms with van der Waals surface area (Å²) in [6.07, 6.45) is -2.00. The van der Waals surface area contributed by atoms with Crippen LogP contribution in [0.5, 0.6) is 0 Å². The molecule has 0 saturated carbocycles. The minimum absolute atomic E-state index is 0.0374. The molecule has 2 unspecified atom stereocenters. The summed E-state index contributed by atoms with van der Waals surface area (Å²) in [6, 6.07) is 5.32. The zero-order chi connectivity index (χ0) is 14.8. The van der Waals surface area contributed by atoms with Gasteiger partial charge in [0.2, 0.25) is 0 Å². The van der Waals surface area contributed by atoms with Crippen LogP contribution in [0.4, 0.5) is 13.2 Å². The van der Waals surface area contributed by atoms with Gasteiger partial charge in [-0.3, -0.25) is 0 Å². The van der Waals surface area contributed by atoms with Crippen LogP contribution in [0.25, 0.3) is 0 Å². The highest BCUT2D eigenvalue weighted by Gasteiger charge is 2.30. The van der Waals surface area contributed by atoms with Gasteiger partial charge in [-0.2, -0.15) is 13.2 Å².